The molecule has 19 heavy (non-hydrogen) atoms. The molecule has 2 unspecified atom stereocenters. The van der Waals surface area contributed by atoms with E-state index in [1.54, 1.807) is 0 Å². The maximum atomic E-state index is 9.07. The van der Waals surface area contributed by atoms with Crippen LogP contribution in [-0.4, -0.2) is 19.1 Å². The molecule has 0 spiro atoms. The number of hydrogen-bond acceptors (Lipinski definition) is 3. The van der Waals surface area contributed by atoms with Crippen LogP contribution in [0.1, 0.15) is 31.7 Å². The molecule has 102 valence electrons. The van der Waals surface area contributed by atoms with E-state index in [0.717, 1.165) is 29.0 Å². The van der Waals surface area contributed by atoms with Crippen molar-refractivity contribution in [3.05, 3.63) is 28.2 Å². The van der Waals surface area contributed by atoms with E-state index in [1.807, 2.05) is 12.1 Å². The molecular formula is C15H20BrN3. The van der Waals surface area contributed by atoms with Crippen LogP contribution in [0.25, 0.3) is 0 Å². The third-order valence-electron chi connectivity index (χ3n) is 4.02. The summed E-state index contributed by atoms with van der Waals surface area (Å²) in [5, 5.41) is 9.07. The summed E-state index contributed by atoms with van der Waals surface area (Å²) < 4.78 is 0.954. The van der Waals surface area contributed by atoms with Gasteiger partial charge in [0, 0.05) is 29.3 Å². The van der Waals surface area contributed by atoms with Crippen LogP contribution in [0.15, 0.2) is 22.7 Å². The Bertz CT molecular complexity index is 481. The summed E-state index contributed by atoms with van der Waals surface area (Å²) in [6.45, 7) is 3.95. The van der Waals surface area contributed by atoms with Gasteiger partial charge < -0.3 is 10.6 Å². The number of rotatable bonds is 3. The minimum atomic E-state index is 0.388. The maximum Gasteiger partial charge on any atom is 0.0992 e. The molecule has 0 radical (unpaired) electrons. The van der Waals surface area contributed by atoms with Gasteiger partial charge in [-0.2, -0.15) is 5.26 Å². The fourth-order valence-corrected chi connectivity index (χ4v) is 3.35. The van der Waals surface area contributed by atoms with Gasteiger partial charge in [-0.15, -0.1) is 0 Å². The summed E-state index contributed by atoms with van der Waals surface area (Å²) in [5.41, 5.74) is 7.74. The topological polar surface area (TPSA) is 53.0 Å². The molecule has 0 aromatic heterocycles. The zero-order valence-corrected chi connectivity index (χ0v) is 12.9. The number of hydrogen-bond donors (Lipinski definition) is 1. The Hall–Kier alpha value is -1.05. The molecule has 0 aliphatic carbocycles. The lowest BCUT2D eigenvalue weighted by Crippen LogP contribution is -2.46. The Morgan fingerprint density at radius 2 is 2.26 bits per heavy atom. The predicted octanol–water partition coefficient (Wildman–Crippen LogP) is 3.27. The van der Waals surface area contributed by atoms with Gasteiger partial charge in [0.1, 0.15) is 0 Å². The number of anilines is 1. The number of nitrogens with two attached hydrogens (primary N) is 1. The molecule has 0 amide bonds. The summed E-state index contributed by atoms with van der Waals surface area (Å²) in [4.78, 5) is 2.36. The number of halogens is 1. The Labute approximate surface area is 123 Å². The van der Waals surface area contributed by atoms with Crippen molar-refractivity contribution in [2.24, 2.45) is 11.7 Å². The Kier molecular flexibility index (Phi) is 4.84. The standard InChI is InChI=1S/C15H20BrN3/c1-2-11-3-4-19(15(6-11)10-18)14-7-12(9-17)5-13(16)8-14/h5,7-8,11,15H,2-4,6,10,18H2,1H3. The molecule has 2 atom stereocenters. The minimum absolute atomic E-state index is 0.388. The lowest BCUT2D eigenvalue weighted by molar-refractivity contribution is 0.336. The van der Waals surface area contributed by atoms with Crippen LogP contribution in [0.2, 0.25) is 0 Å². The molecule has 1 heterocycles. The van der Waals surface area contributed by atoms with Crippen molar-refractivity contribution in [3.8, 4) is 6.07 Å². The highest BCUT2D eigenvalue weighted by Gasteiger charge is 2.27. The van der Waals surface area contributed by atoms with Gasteiger partial charge in [-0.25, -0.2) is 0 Å². The van der Waals surface area contributed by atoms with Gasteiger partial charge in [0.05, 0.1) is 11.6 Å². The lowest BCUT2D eigenvalue weighted by Gasteiger charge is -2.40. The van der Waals surface area contributed by atoms with E-state index < -0.39 is 0 Å². The zero-order chi connectivity index (χ0) is 13.8. The van der Waals surface area contributed by atoms with Crippen LogP contribution in [0.5, 0.6) is 0 Å². The summed E-state index contributed by atoms with van der Waals surface area (Å²) in [5.74, 6) is 0.785. The number of nitriles is 1. The summed E-state index contributed by atoms with van der Waals surface area (Å²) in [6, 6.07) is 8.48. The SMILES string of the molecule is CCC1CCN(c2cc(Br)cc(C#N)c2)C(CN)C1. The van der Waals surface area contributed by atoms with Crippen LogP contribution >= 0.6 is 15.9 Å². The average Bonchev–Trinajstić information content (AvgIpc) is 2.45. The molecule has 2 rings (SSSR count). The molecule has 4 heteroatoms. The van der Waals surface area contributed by atoms with E-state index >= 15 is 0 Å². The van der Waals surface area contributed by atoms with Crippen molar-refractivity contribution in [2.75, 3.05) is 18.0 Å². The zero-order valence-electron chi connectivity index (χ0n) is 11.3. The normalized spacial score (nSPS) is 23.2. The highest BCUT2D eigenvalue weighted by atomic mass is 79.9. The monoisotopic (exact) mass is 321 g/mol. The van der Waals surface area contributed by atoms with Crippen LogP contribution in [-0.2, 0) is 0 Å². The smallest absolute Gasteiger partial charge is 0.0992 e. The Morgan fingerprint density at radius 3 is 2.89 bits per heavy atom. The van der Waals surface area contributed by atoms with Gasteiger partial charge in [0.15, 0.2) is 0 Å². The molecule has 1 aromatic rings. The fourth-order valence-electron chi connectivity index (χ4n) is 2.87. The molecule has 2 N–H and O–H groups in total. The molecule has 1 saturated heterocycles. The first-order valence-corrected chi connectivity index (χ1v) is 7.64. The highest BCUT2D eigenvalue weighted by Crippen LogP contribution is 2.31. The highest BCUT2D eigenvalue weighted by molar-refractivity contribution is 9.10. The van der Waals surface area contributed by atoms with E-state index in [-0.39, 0.29) is 0 Å². The van der Waals surface area contributed by atoms with E-state index in [1.165, 1.54) is 12.8 Å². The lowest BCUT2D eigenvalue weighted by atomic mass is 9.88. The fraction of sp³-hybridized carbons (Fsp3) is 0.533. The molecule has 1 aromatic carbocycles. The quantitative estimate of drug-likeness (QED) is 0.929. The molecule has 1 fully saturated rings. The predicted molar refractivity (Wildman–Crippen MR) is 82.1 cm³/mol. The van der Waals surface area contributed by atoms with Gasteiger partial charge in [-0.05, 0) is 37.0 Å². The number of benzene rings is 1. The molecule has 0 saturated carbocycles. The number of nitrogens with zero attached hydrogens (tertiary/aromatic N) is 2. The minimum Gasteiger partial charge on any atom is -0.367 e. The molecular weight excluding hydrogens is 302 g/mol. The molecule has 0 bridgehead atoms. The second kappa shape index (κ2) is 6.40. The Morgan fingerprint density at radius 1 is 1.47 bits per heavy atom. The van der Waals surface area contributed by atoms with E-state index in [0.29, 0.717) is 18.2 Å². The summed E-state index contributed by atoms with van der Waals surface area (Å²) in [7, 11) is 0. The van der Waals surface area contributed by atoms with E-state index in [2.05, 4.69) is 39.9 Å². The van der Waals surface area contributed by atoms with Crippen molar-refractivity contribution in [3.63, 3.8) is 0 Å². The van der Waals surface area contributed by atoms with Crippen molar-refractivity contribution >= 4 is 21.6 Å². The van der Waals surface area contributed by atoms with Crippen LogP contribution < -0.4 is 10.6 Å². The summed E-state index contributed by atoms with van der Waals surface area (Å²) >= 11 is 3.48. The van der Waals surface area contributed by atoms with E-state index in [4.69, 9.17) is 11.0 Å². The van der Waals surface area contributed by atoms with Gasteiger partial charge in [0.2, 0.25) is 0 Å². The van der Waals surface area contributed by atoms with Gasteiger partial charge in [-0.3, -0.25) is 0 Å². The third-order valence-corrected chi connectivity index (χ3v) is 4.47. The molecule has 1 aliphatic rings. The second-order valence-electron chi connectivity index (χ2n) is 5.19. The molecule has 3 nitrogen and oxygen atoms in total. The summed E-state index contributed by atoms with van der Waals surface area (Å²) in [6.07, 6.45) is 3.59. The van der Waals surface area contributed by atoms with Crippen molar-refractivity contribution in [2.45, 2.75) is 32.2 Å². The third kappa shape index (κ3) is 3.29. The first kappa shape index (κ1) is 14.4. The average molecular weight is 322 g/mol. The molecule has 1 aliphatic heterocycles. The van der Waals surface area contributed by atoms with Crippen LogP contribution in [0.3, 0.4) is 0 Å². The van der Waals surface area contributed by atoms with Crippen LogP contribution in [0.4, 0.5) is 5.69 Å². The maximum absolute atomic E-state index is 9.07. The van der Waals surface area contributed by atoms with Crippen LogP contribution in [0, 0.1) is 17.2 Å². The largest absolute Gasteiger partial charge is 0.367 e. The van der Waals surface area contributed by atoms with Crippen molar-refractivity contribution in [1.82, 2.24) is 0 Å². The second-order valence-corrected chi connectivity index (χ2v) is 6.11. The van der Waals surface area contributed by atoms with Crippen molar-refractivity contribution < 1.29 is 0 Å². The van der Waals surface area contributed by atoms with Crippen molar-refractivity contribution in [1.29, 1.82) is 5.26 Å². The van der Waals surface area contributed by atoms with Gasteiger partial charge in [-0.1, -0.05) is 29.3 Å². The first-order chi connectivity index (χ1) is 9.17. The number of piperidine rings is 1. The van der Waals surface area contributed by atoms with Gasteiger partial charge >= 0.3 is 0 Å². The Balaban J connectivity index is 2.25. The van der Waals surface area contributed by atoms with E-state index in [9.17, 15) is 0 Å². The first-order valence-electron chi connectivity index (χ1n) is 6.85. The van der Waals surface area contributed by atoms with Gasteiger partial charge in [0.25, 0.3) is 0 Å².